The molecule has 0 saturated carbocycles. The molecule has 0 N–H and O–H groups in total. The van der Waals surface area contributed by atoms with E-state index in [1.165, 1.54) is 32.9 Å². The fraction of sp³-hybridized carbons (Fsp3) is 0.0339. The molecule has 0 saturated heterocycles. The number of halogens is 3. The standard InChI is InChI=1S/C59H41F3N4Si/c1-40-30-33-51-52-35-32-45(59(60,61)62)39-55(52)66(53(51)36-40)54-38-44(58-64-56(41-18-7-2-8-19-41)63-57(65-58)42-20-9-3-10-21-42)31-34-50(54)43-22-17-29-49(37-43)67(46-23-11-4-12-24-46,47-25-13-5-14-26-47)48-27-15-6-16-28-48/h2-39H,1H3. The summed E-state index contributed by atoms with van der Waals surface area (Å²) in [4.78, 5) is 15.1. The molecule has 67 heavy (non-hydrogen) atoms. The van der Waals surface area contributed by atoms with Crippen molar-refractivity contribution in [1.29, 1.82) is 0 Å². The highest BCUT2D eigenvalue weighted by Crippen LogP contribution is 2.41. The summed E-state index contributed by atoms with van der Waals surface area (Å²) < 4.78 is 46.1. The molecule has 11 rings (SSSR count). The van der Waals surface area contributed by atoms with Crippen molar-refractivity contribution in [2.24, 2.45) is 0 Å². The Hall–Kier alpha value is -8.20. The van der Waals surface area contributed by atoms with Gasteiger partial charge in [-0.2, -0.15) is 13.2 Å². The smallest absolute Gasteiger partial charge is 0.309 e. The van der Waals surface area contributed by atoms with Gasteiger partial charge in [0.25, 0.3) is 0 Å². The molecule has 9 aromatic carbocycles. The topological polar surface area (TPSA) is 43.6 Å². The van der Waals surface area contributed by atoms with Gasteiger partial charge in [-0.15, -0.1) is 0 Å². The molecular weight excluding hydrogens is 850 g/mol. The molecule has 322 valence electrons. The third-order valence-corrected chi connectivity index (χ3v) is 17.4. The number of hydrogen-bond donors (Lipinski definition) is 0. The molecule has 4 nitrogen and oxygen atoms in total. The lowest BCUT2D eigenvalue weighted by atomic mass is 10.00. The summed E-state index contributed by atoms with van der Waals surface area (Å²) in [5.74, 6) is 1.45. The molecule has 0 fully saturated rings. The van der Waals surface area contributed by atoms with Crippen LogP contribution in [0.2, 0.25) is 0 Å². The lowest BCUT2D eigenvalue weighted by Gasteiger charge is -2.34. The minimum atomic E-state index is -4.56. The van der Waals surface area contributed by atoms with Gasteiger partial charge >= 0.3 is 6.18 Å². The van der Waals surface area contributed by atoms with Gasteiger partial charge in [-0.25, -0.2) is 15.0 Å². The maximum atomic E-state index is 14.7. The van der Waals surface area contributed by atoms with Crippen molar-refractivity contribution < 1.29 is 13.2 Å². The summed E-state index contributed by atoms with van der Waals surface area (Å²) in [7, 11) is -2.97. The number of nitrogens with zero attached hydrogens (tertiary/aromatic N) is 4. The summed E-state index contributed by atoms with van der Waals surface area (Å²) in [6.45, 7) is 2.01. The van der Waals surface area contributed by atoms with Gasteiger partial charge in [-0.3, -0.25) is 0 Å². The first-order valence-electron chi connectivity index (χ1n) is 22.2. The number of hydrogen-bond acceptors (Lipinski definition) is 3. The molecule has 2 aromatic heterocycles. The Morgan fingerprint density at radius 2 is 0.836 bits per heavy atom. The van der Waals surface area contributed by atoms with Crippen LogP contribution < -0.4 is 20.7 Å². The summed E-state index contributed by atoms with van der Waals surface area (Å²) in [6, 6.07) is 76.8. The highest BCUT2D eigenvalue weighted by atomic mass is 28.3. The Morgan fingerprint density at radius 1 is 0.388 bits per heavy atom. The Balaban J connectivity index is 1.22. The third kappa shape index (κ3) is 7.51. The van der Waals surface area contributed by atoms with E-state index in [4.69, 9.17) is 15.0 Å². The Bertz CT molecular complexity index is 3410. The first kappa shape index (κ1) is 41.5. The van der Waals surface area contributed by atoms with E-state index >= 15 is 0 Å². The maximum Gasteiger partial charge on any atom is 0.416 e. The van der Waals surface area contributed by atoms with Crippen molar-refractivity contribution in [2.45, 2.75) is 13.1 Å². The fourth-order valence-electron chi connectivity index (χ4n) is 9.59. The van der Waals surface area contributed by atoms with Crippen molar-refractivity contribution in [1.82, 2.24) is 19.5 Å². The van der Waals surface area contributed by atoms with E-state index in [1.54, 1.807) is 6.07 Å². The zero-order valence-corrected chi connectivity index (χ0v) is 37.4. The van der Waals surface area contributed by atoms with Gasteiger partial charge in [0.1, 0.15) is 0 Å². The molecule has 11 aromatic rings. The molecule has 0 bridgehead atoms. The van der Waals surface area contributed by atoms with E-state index < -0.39 is 19.8 Å². The van der Waals surface area contributed by atoms with E-state index in [0.29, 0.717) is 34.2 Å². The number of rotatable bonds is 9. The van der Waals surface area contributed by atoms with E-state index in [9.17, 15) is 13.2 Å². The van der Waals surface area contributed by atoms with Crippen molar-refractivity contribution in [3.05, 3.63) is 242 Å². The van der Waals surface area contributed by atoms with Crippen molar-refractivity contribution in [3.63, 3.8) is 0 Å². The average molecular weight is 891 g/mol. The van der Waals surface area contributed by atoms with Crippen LogP contribution in [0.1, 0.15) is 11.1 Å². The number of fused-ring (bicyclic) bond motifs is 3. The van der Waals surface area contributed by atoms with Crippen LogP contribution in [0.15, 0.2) is 231 Å². The summed E-state index contributed by atoms with van der Waals surface area (Å²) in [5, 5.41) is 6.43. The van der Waals surface area contributed by atoms with Crippen molar-refractivity contribution in [3.8, 4) is 51.0 Å². The van der Waals surface area contributed by atoms with Crippen LogP contribution in [-0.2, 0) is 6.18 Å². The van der Waals surface area contributed by atoms with Gasteiger partial charge in [0, 0.05) is 33.0 Å². The Kier molecular flexibility index (Phi) is 10.5. The van der Waals surface area contributed by atoms with E-state index in [1.807, 2.05) is 96.4 Å². The molecule has 0 aliphatic heterocycles. The number of benzene rings is 9. The highest BCUT2D eigenvalue weighted by Gasteiger charge is 2.41. The first-order chi connectivity index (χ1) is 32.8. The molecule has 0 amide bonds. The predicted octanol–water partition coefficient (Wildman–Crippen LogP) is 12.3. The average Bonchev–Trinajstić information content (AvgIpc) is 3.70. The molecule has 8 heteroatoms. The van der Waals surface area contributed by atoms with Crippen LogP contribution in [0.5, 0.6) is 0 Å². The van der Waals surface area contributed by atoms with E-state index in [-0.39, 0.29) is 0 Å². The zero-order chi connectivity index (χ0) is 45.5. The van der Waals surface area contributed by atoms with Crippen molar-refractivity contribution >= 4 is 50.6 Å². The molecule has 0 atom stereocenters. The quantitative estimate of drug-likeness (QED) is 0.107. The molecule has 0 radical (unpaired) electrons. The SMILES string of the molecule is Cc1ccc2c3ccc(C(F)(F)F)cc3n(-c3cc(-c4nc(-c5ccccc5)nc(-c5ccccc5)n4)ccc3-c3cccc([Si](c4ccccc4)(c4ccccc4)c4ccccc4)c3)c2c1. The van der Waals surface area contributed by atoms with Gasteiger partial charge in [0.2, 0.25) is 0 Å². The highest BCUT2D eigenvalue weighted by molar-refractivity contribution is 7.19. The van der Waals surface area contributed by atoms with Gasteiger partial charge in [-0.05, 0) is 63.1 Å². The van der Waals surface area contributed by atoms with Crippen LogP contribution >= 0.6 is 0 Å². The fourth-order valence-corrected chi connectivity index (χ4v) is 14.4. The van der Waals surface area contributed by atoms with Gasteiger partial charge in [0.05, 0.1) is 22.3 Å². The molecule has 0 aliphatic rings. The van der Waals surface area contributed by atoms with Crippen molar-refractivity contribution in [2.75, 3.05) is 0 Å². The summed E-state index contributed by atoms with van der Waals surface area (Å²) in [6.07, 6.45) is -4.56. The van der Waals surface area contributed by atoms with Crippen LogP contribution in [0.3, 0.4) is 0 Å². The minimum Gasteiger partial charge on any atom is -0.309 e. The second-order valence-corrected chi connectivity index (χ2v) is 20.6. The minimum absolute atomic E-state index is 0.436. The van der Waals surface area contributed by atoms with Crippen LogP contribution in [-0.4, -0.2) is 27.6 Å². The Morgan fingerprint density at radius 3 is 1.36 bits per heavy atom. The van der Waals surface area contributed by atoms with E-state index in [2.05, 4.69) is 127 Å². The number of aryl methyl sites for hydroxylation is 1. The van der Waals surface area contributed by atoms with Crippen LogP contribution in [0.4, 0.5) is 13.2 Å². The van der Waals surface area contributed by atoms with E-state index in [0.717, 1.165) is 44.1 Å². The van der Waals surface area contributed by atoms with Crippen LogP contribution in [0, 0.1) is 6.92 Å². The molecule has 0 aliphatic carbocycles. The predicted molar refractivity (Wildman–Crippen MR) is 269 cm³/mol. The molecule has 0 spiro atoms. The van der Waals surface area contributed by atoms with Gasteiger partial charge < -0.3 is 4.57 Å². The maximum absolute atomic E-state index is 14.7. The van der Waals surface area contributed by atoms with Crippen LogP contribution in [0.25, 0.3) is 72.8 Å². The largest absolute Gasteiger partial charge is 0.416 e. The normalized spacial score (nSPS) is 11.9. The zero-order valence-electron chi connectivity index (χ0n) is 36.4. The third-order valence-electron chi connectivity index (χ3n) is 12.7. The lowest BCUT2D eigenvalue weighted by Crippen LogP contribution is -2.74. The monoisotopic (exact) mass is 890 g/mol. The second-order valence-electron chi connectivity index (χ2n) is 16.8. The number of alkyl halides is 3. The number of aromatic nitrogens is 4. The lowest BCUT2D eigenvalue weighted by molar-refractivity contribution is -0.137. The second kappa shape index (κ2) is 17.0. The Labute approximate surface area is 387 Å². The molecule has 0 unspecified atom stereocenters. The molecule has 2 heterocycles. The summed E-state index contributed by atoms with van der Waals surface area (Å²) in [5.41, 5.74) is 6.27. The molecular formula is C59H41F3N4Si. The summed E-state index contributed by atoms with van der Waals surface area (Å²) >= 11 is 0. The van der Waals surface area contributed by atoms with Gasteiger partial charge in [-0.1, -0.05) is 206 Å². The first-order valence-corrected chi connectivity index (χ1v) is 24.2. The van der Waals surface area contributed by atoms with Gasteiger partial charge in [0.15, 0.2) is 25.5 Å².